The molecule has 3 unspecified atom stereocenters. The van der Waals surface area contributed by atoms with Gasteiger partial charge in [-0.05, 0) is 57.8 Å². The lowest BCUT2D eigenvalue weighted by atomic mass is 10.0. The van der Waals surface area contributed by atoms with Crippen LogP contribution in [0.1, 0.15) is 200 Å². The third-order valence-electron chi connectivity index (χ3n) is 10.3. The van der Waals surface area contributed by atoms with Crippen molar-refractivity contribution in [3.05, 3.63) is 48.6 Å². The molecule has 0 aromatic rings. The van der Waals surface area contributed by atoms with Crippen LogP contribution in [0.3, 0.4) is 0 Å². The van der Waals surface area contributed by atoms with Gasteiger partial charge in [-0.2, -0.15) is 0 Å². The molecule has 0 saturated heterocycles. The molecular formula is C48H92N2O6P+. The highest BCUT2D eigenvalue weighted by Gasteiger charge is 2.27. The van der Waals surface area contributed by atoms with Gasteiger partial charge in [0.05, 0.1) is 39.9 Å². The van der Waals surface area contributed by atoms with Crippen molar-refractivity contribution < 1.29 is 32.9 Å². The van der Waals surface area contributed by atoms with E-state index in [1.807, 2.05) is 27.2 Å². The fraction of sp³-hybridized carbons (Fsp3) is 0.812. The first kappa shape index (κ1) is 55.5. The molecule has 0 aliphatic rings. The number of hydrogen-bond acceptors (Lipinski definition) is 5. The molecule has 0 spiro atoms. The molecular weight excluding hydrogens is 732 g/mol. The Bertz CT molecular complexity index is 1070. The summed E-state index contributed by atoms with van der Waals surface area (Å²) in [5, 5.41) is 13.7. The van der Waals surface area contributed by atoms with Crippen molar-refractivity contribution in [1.29, 1.82) is 0 Å². The molecule has 1 amide bonds. The van der Waals surface area contributed by atoms with E-state index in [1.54, 1.807) is 6.08 Å². The molecule has 9 heteroatoms. The zero-order chi connectivity index (χ0) is 42.1. The summed E-state index contributed by atoms with van der Waals surface area (Å²) in [5.41, 5.74) is 0. The number of likely N-dealkylation sites (N-methyl/N-ethyl adjacent to an activating group) is 1. The van der Waals surface area contributed by atoms with Crippen molar-refractivity contribution in [2.24, 2.45) is 0 Å². The van der Waals surface area contributed by atoms with Crippen molar-refractivity contribution in [1.82, 2.24) is 5.32 Å². The maximum atomic E-state index is 12.8. The van der Waals surface area contributed by atoms with Crippen LogP contribution in [0, 0.1) is 0 Å². The van der Waals surface area contributed by atoms with Crippen molar-refractivity contribution in [3.63, 3.8) is 0 Å². The number of amides is 1. The van der Waals surface area contributed by atoms with Gasteiger partial charge in [0.25, 0.3) is 0 Å². The number of phosphoric acid groups is 1. The predicted octanol–water partition coefficient (Wildman–Crippen LogP) is 13.2. The van der Waals surface area contributed by atoms with E-state index in [2.05, 4.69) is 55.6 Å². The monoisotopic (exact) mass is 824 g/mol. The molecule has 0 aliphatic heterocycles. The van der Waals surface area contributed by atoms with Gasteiger partial charge in [-0.1, -0.05) is 184 Å². The molecule has 0 aromatic carbocycles. The second-order valence-corrected chi connectivity index (χ2v) is 18.6. The lowest BCUT2D eigenvalue weighted by Crippen LogP contribution is -2.45. The van der Waals surface area contributed by atoms with E-state index >= 15 is 0 Å². The van der Waals surface area contributed by atoms with E-state index in [-0.39, 0.29) is 19.1 Å². The Hall–Kier alpha value is -1.54. The molecule has 0 saturated carbocycles. The van der Waals surface area contributed by atoms with Crippen LogP contribution in [0.5, 0.6) is 0 Å². The minimum atomic E-state index is -4.33. The number of aliphatic hydroxyl groups is 1. The van der Waals surface area contributed by atoms with E-state index in [9.17, 15) is 19.4 Å². The number of rotatable bonds is 42. The molecule has 8 nitrogen and oxygen atoms in total. The summed E-state index contributed by atoms with van der Waals surface area (Å²) in [6.45, 7) is 4.75. The number of carbonyl (C=O) groups excluding carboxylic acids is 1. The smallest absolute Gasteiger partial charge is 0.387 e. The predicted molar refractivity (Wildman–Crippen MR) is 244 cm³/mol. The summed E-state index contributed by atoms with van der Waals surface area (Å²) in [6.07, 6.45) is 50.6. The van der Waals surface area contributed by atoms with Gasteiger partial charge in [-0.3, -0.25) is 13.8 Å². The van der Waals surface area contributed by atoms with Crippen LogP contribution >= 0.6 is 7.82 Å². The van der Waals surface area contributed by atoms with Crippen molar-refractivity contribution in [2.45, 2.75) is 212 Å². The Morgan fingerprint density at radius 3 is 1.46 bits per heavy atom. The molecule has 3 atom stereocenters. The van der Waals surface area contributed by atoms with Crippen LogP contribution in [0.25, 0.3) is 0 Å². The topological polar surface area (TPSA) is 105 Å². The maximum absolute atomic E-state index is 12.8. The Kier molecular flexibility index (Phi) is 38.8. The summed E-state index contributed by atoms with van der Waals surface area (Å²) in [7, 11) is 1.56. The Balaban J connectivity index is 4.10. The number of nitrogens with zero attached hydrogens (tertiary/aromatic N) is 1. The highest BCUT2D eigenvalue weighted by Crippen LogP contribution is 2.43. The molecule has 0 bridgehead atoms. The second kappa shape index (κ2) is 39.9. The zero-order valence-electron chi connectivity index (χ0n) is 37.8. The van der Waals surface area contributed by atoms with Crippen LogP contribution in [0.4, 0.5) is 0 Å². The first-order valence-corrected chi connectivity index (χ1v) is 25.0. The largest absolute Gasteiger partial charge is 0.472 e. The third kappa shape index (κ3) is 42.4. The number of hydrogen-bond donors (Lipinski definition) is 3. The summed E-state index contributed by atoms with van der Waals surface area (Å²) >= 11 is 0. The number of aliphatic hydroxyl groups excluding tert-OH is 1. The van der Waals surface area contributed by atoms with Gasteiger partial charge in [0.15, 0.2) is 0 Å². The molecule has 0 aromatic heterocycles. The van der Waals surface area contributed by atoms with E-state index in [0.717, 1.165) is 51.4 Å². The average Bonchev–Trinajstić information content (AvgIpc) is 3.16. The van der Waals surface area contributed by atoms with Gasteiger partial charge in [0, 0.05) is 6.42 Å². The number of nitrogens with one attached hydrogen (secondary N) is 1. The minimum Gasteiger partial charge on any atom is -0.387 e. The number of unbranched alkanes of at least 4 members (excludes halogenated alkanes) is 23. The van der Waals surface area contributed by atoms with Gasteiger partial charge in [0.2, 0.25) is 5.91 Å². The van der Waals surface area contributed by atoms with E-state index < -0.39 is 20.0 Å². The van der Waals surface area contributed by atoms with Crippen LogP contribution in [0.15, 0.2) is 48.6 Å². The van der Waals surface area contributed by atoms with Gasteiger partial charge < -0.3 is 19.8 Å². The van der Waals surface area contributed by atoms with Crippen molar-refractivity contribution in [2.75, 3.05) is 40.9 Å². The normalized spacial score (nSPS) is 14.7. The van der Waals surface area contributed by atoms with Crippen LogP contribution < -0.4 is 5.32 Å². The van der Waals surface area contributed by atoms with Crippen molar-refractivity contribution in [3.8, 4) is 0 Å². The number of quaternary nitrogens is 1. The number of allylic oxidation sites excluding steroid dienone is 7. The fourth-order valence-corrected chi connectivity index (χ4v) is 7.25. The summed E-state index contributed by atoms with van der Waals surface area (Å²) in [4.78, 5) is 23.0. The average molecular weight is 824 g/mol. The van der Waals surface area contributed by atoms with Gasteiger partial charge in [0.1, 0.15) is 13.2 Å². The third-order valence-corrected chi connectivity index (χ3v) is 11.3. The molecule has 0 rings (SSSR count). The number of carbonyl (C=O) groups is 1. The molecule has 0 fully saturated rings. The molecule has 0 radical (unpaired) electrons. The lowest BCUT2D eigenvalue weighted by molar-refractivity contribution is -0.870. The SMILES string of the molecule is CCCCCCC/C=C\C/C=C\C/C=C\CCCCCCCCCCCCCCC(=O)NC(COP(=O)(O)OCC[N+](C)(C)C)C(O)/C=C/CCCCCCCC. The molecule has 334 valence electrons. The highest BCUT2D eigenvalue weighted by molar-refractivity contribution is 7.47. The quantitative estimate of drug-likeness (QED) is 0.0245. The molecule has 3 N–H and O–H groups in total. The Morgan fingerprint density at radius 1 is 0.596 bits per heavy atom. The molecule has 0 heterocycles. The van der Waals surface area contributed by atoms with Gasteiger partial charge >= 0.3 is 7.82 Å². The van der Waals surface area contributed by atoms with Gasteiger partial charge in [-0.25, -0.2) is 4.57 Å². The van der Waals surface area contributed by atoms with Gasteiger partial charge in [-0.15, -0.1) is 0 Å². The highest BCUT2D eigenvalue weighted by atomic mass is 31.2. The van der Waals surface area contributed by atoms with Crippen LogP contribution in [0.2, 0.25) is 0 Å². The Morgan fingerprint density at radius 2 is 1.00 bits per heavy atom. The Labute approximate surface area is 352 Å². The first-order chi connectivity index (χ1) is 27.5. The standard InChI is InChI=1S/C48H91N2O6P/c1-6-8-10-12-14-16-17-18-19-20-21-22-23-24-25-26-27-28-29-30-31-32-33-34-36-38-40-42-48(52)49-46(45-56-57(53,54)55-44-43-50(3,4)5)47(51)41-39-37-35-15-13-11-9-7-2/h17-18,20-21,23-24,39,41,46-47,51H,6-16,19,22,25-38,40,42-45H2,1-5H3,(H-,49,52,53,54)/p+1/b18-17-,21-20-,24-23-,41-39+. The summed E-state index contributed by atoms with van der Waals surface area (Å²) < 4.78 is 23.5. The second-order valence-electron chi connectivity index (χ2n) is 17.1. The molecule has 0 aliphatic carbocycles. The molecule has 57 heavy (non-hydrogen) atoms. The van der Waals surface area contributed by atoms with E-state index in [0.29, 0.717) is 17.4 Å². The van der Waals surface area contributed by atoms with E-state index in [1.165, 1.54) is 128 Å². The van der Waals surface area contributed by atoms with Crippen molar-refractivity contribution >= 4 is 13.7 Å². The fourth-order valence-electron chi connectivity index (χ4n) is 6.52. The first-order valence-electron chi connectivity index (χ1n) is 23.5. The summed E-state index contributed by atoms with van der Waals surface area (Å²) in [5.74, 6) is -0.184. The number of phosphoric ester groups is 1. The lowest BCUT2D eigenvalue weighted by Gasteiger charge is -2.25. The minimum absolute atomic E-state index is 0.0597. The van der Waals surface area contributed by atoms with E-state index in [4.69, 9.17) is 9.05 Å². The maximum Gasteiger partial charge on any atom is 0.472 e. The van der Waals surface area contributed by atoms with Crippen LogP contribution in [-0.4, -0.2) is 73.4 Å². The zero-order valence-corrected chi connectivity index (χ0v) is 38.7. The van der Waals surface area contributed by atoms with Crippen LogP contribution in [-0.2, 0) is 18.4 Å². The summed E-state index contributed by atoms with van der Waals surface area (Å²) in [6, 6.07) is -0.845.